The summed E-state index contributed by atoms with van der Waals surface area (Å²) in [5.74, 6) is -0.0158. The van der Waals surface area contributed by atoms with Gasteiger partial charge in [-0.2, -0.15) is 0 Å². The number of carbonyl (C=O) groups excluding carboxylic acids is 1. The van der Waals surface area contributed by atoms with E-state index >= 15 is 0 Å². The van der Waals surface area contributed by atoms with Crippen LogP contribution in [-0.2, 0) is 16.1 Å². The summed E-state index contributed by atoms with van der Waals surface area (Å²) in [6.07, 6.45) is 1.31. The Kier molecular flexibility index (Phi) is 5.59. The molecule has 3 heteroatoms. The minimum Gasteiger partial charge on any atom is -0.372 e. The maximum Gasteiger partial charge on any atom is 0.251 e. The molecule has 1 rings (SSSR count). The van der Waals surface area contributed by atoms with Crippen LogP contribution in [0.15, 0.2) is 36.9 Å². The average molecular weight is 247 g/mol. The van der Waals surface area contributed by atoms with E-state index < -0.39 is 6.10 Å². The Morgan fingerprint density at radius 1 is 1.44 bits per heavy atom. The van der Waals surface area contributed by atoms with Gasteiger partial charge in [-0.05, 0) is 19.4 Å². The van der Waals surface area contributed by atoms with Gasteiger partial charge in [0, 0.05) is 20.2 Å². The molecule has 0 aliphatic rings. The second-order valence-corrected chi connectivity index (χ2v) is 4.37. The van der Waals surface area contributed by atoms with Crippen LogP contribution >= 0.6 is 0 Å². The van der Waals surface area contributed by atoms with Gasteiger partial charge < -0.3 is 9.64 Å². The van der Waals surface area contributed by atoms with Crippen LogP contribution in [0.5, 0.6) is 0 Å². The van der Waals surface area contributed by atoms with Gasteiger partial charge in [-0.15, -0.1) is 6.58 Å². The van der Waals surface area contributed by atoms with E-state index in [2.05, 4.69) is 6.58 Å². The van der Waals surface area contributed by atoms with E-state index in [4.69, 9.17) is 4.74 Å². The molecule has 1 aromatic carbocycles. The van der Waals surface area contributed by atoms with Gasteiger partial charge in [0.2, 0.25) is 0 Å². The molecule has 0 bridgehead atoms. The van der Waals surface area contributed by atoms with E-state index in [0.717, 1.165) is 5.56 Å². The highest BCUT2D eigenvalue weighted by atomic mass is 16.5. The van der Waals surface area contributed by atoms with Crippen molar-refractivity contribution in [3.05, 3.63) is 48.0 Å². The summed E-state index contributed by atoms with van der Waals surface area (Å²) >= 11 is 0. The van der Waals surface area contributed by atoms with Crippen LogP contribution in [0, 0.1) is 6.92 Å². The zero-order valence-electron chi connectivity index (χ0n) is 11.3. The number of ether oxygens (including phenoxy) is 1. The standard InChI is InChI=1S/C15H21NO2/c1-5-10-16(15(17)13(3)18-4)11-14-8-6-12(2)7-9-14/h5-9,13H,1,10-11H2,2-4H3. The first-order valence-corrected chi connectivity index (χ1v) is 6.06. The van der Waals surface area contributed by atoms with E-state index in [1.807, 2.05) is 31.2 Å². The fraction of sp³-hybridized carbons (Fsp3) is 0.400. The van der Waals surface area contributed by atoms with Crippen molar-refractivity contribution in [1.29, 1.82) is 0 Å². The Labute approximate surface area is 109 Å². The first-order valence-electron chi connectivity index (χ1n) is 6.06. The quantitative estimate of drug-likeness (QED) is 0.723. The SMILES string of the molecule is C=CCN(Cc1ccc(C)cc1)C(=O)C(C)OC. The number of nitrogens with zero attached hydrogens (tertiary/aromatic N) is 1. The van der Waals surface area contributed by atoms with Crippen molar-refractivity contribution in [2.45, 2.75) is 26.5 Å². The molecule has 0 aromatic heterocycles. The second kappa shape index (κ2) is 6.97. The molecular weight excluding hydrogens is 226 g/mol. The Balaban J connectivity index is 2.76. The number of rotatable bonds is 6. The predicted octanol–water partition coefficient (Wildman–Crippen LogP) is 2.54. The lowest BCUT2D eigenvalue weighted by molar-refractivity contribution is -0.141. The molecule has 98 valence electrons. The van der Waals surface area contributed by atoms with Crippen LogP contribution in [0.1, 0.15) is 18.1 Å². The smallest absolute Gasteiger partial charge is 0.251 e. The van der Waals surface area contributed by atoms with Gasteiger partial charge in [0.05, 0.1) is 0 Å². The average Bonchev–Trinajstić information content (AvgIpc) is 2.39. The number of hydrogen-bond acceptors (Lipinski definition) is 2. The minimum atomic E-state index is -0.421. The van der Waals surface area contributed by atoms with Crippen LogP contribution < -0.4 is 0 Å². The molecule has 0 aliphatic heterocycles. The van der Waals surface area contributed by atoms with Gasteiger partial charge in [-0.3, -0.25) is 4.79 Å². The molecule has 0 radical (unpaired) electrons. The Morgan fingerprint density at radius 3 is 2.56 bits per heavy atom. The molecular formula is C15H21NO2. The molecule has 0 saturated carbocycles. The number of benzene rings is 1. The first kappa shape index (κ1) is 14.5. The highest BCUT2D eigenvalue weighted by Gasteiger charge is 2.19. The molecule has 0 N–H and O–H groups in total. The van der Waals surface area contributed by atoms with Crippen LogP contribution in [0.3, 0.4) is 0 Å². The van der Waals surface area contributed by atoms with Gasteiger partial charge in [0.1, 0.15) is 6.10 Å². The van der Waals surface area contributed by atoms with Crippen molar-refractivity contribution in [2.24, 2.45) is 0 Å². The molecule has 1 unspecified atom stereocenters. The van der Waals surface area contributed by atoms with Crippen LogP contribution in [0.2, 0.25) is 0 Å². The fourth-order valence-corrected chi connectivity index (χ4v) is 1.66. The fourth-order valence-electron chi connectivity index (χ4n) is 1.66. The molecule has 0 spiro atoms. The summed E-state index contributed by atoms with van der Waals surface area (Å²) in [6.45, 7) is 8.60. The van der Waals surface area contributed by atoms with Crippen molar-refractivity contribution in [3.63, 3.8) is 0 Å². The highest BCUT2D eigenvalue weighted by Crippen LogP contribution is 2.09. The van der Waals surface area contributed by atoms with Gasteiger partial charge in [0.15, 0.2) is 0 Å². The number of hydrogen-bond donors (Lipinski definition) is 0. The number of methoxy groups -OCH3 is 1. The van der Waals surface area contributed by atoms with Crippen molar-refractivity contribution >= 4 is 5.91 Å². The van der Waals surface area contributed by atoms with Gasteiger partial charge in [-0.1, -0.05) is 35.9 Å². The third-order valence-corrected chi connectivity index (χ3v) is 2.86. The van der Waals surface area contributed by atoms with Crippen molar-refractivity contribution in [3.8, 4) is 0 Å². The maximum absolute atomic E-state index is 12.1. The lowest BCUT2D eigenvalue weighted by atomic mass is 10.1. The lowest BCUT2D eigenvalue weighted by Crippen LogP contribution is -2.38. The molecule has 3 nitrogen and oxygen atoms in total. The summed E-state index contributed by atoms with van der Waals surface area (Å²) in [7, 11) is 1.54. The molecule has 0 fully saturated rings. The van der Waals surface area contributed by atoms with E-state index in [-0.39, 0.29) is 5.91 Å². The molecule has 1 atom stereocenters. The topological polar surface area (TPSA) is 29.5 Å². The van der Waals surface area contributed by atoms with Crippen LogP contribution in [0.25, 0.3) is 0 Å². The molecule has 1 amide bonds. The van der Waals surface area contributed by atoms with Gasteiger partial charge in [-0.25, -0.2) is 0 Å². The summed E-state index contributed by atoms with van der Waals surface area (Å²) in [4.78, 5) is 13.8. The monoisotopic (exact) mass is 247 g/mol. The van der Waals surface area contributed by atoms with E-state index in [9.17, 15) is 4.79 Å². The third kappa shape index (κ3) is 4.00. The Bertz CT molecular complexity index is 397. The minimum absolute atomic E-state index is 0.0158. The summed E-state index contributed by atoms with van der Waals surface area (Å²) in [5.41, 5.74) is 2.32. The van der Waals surface area contributed by atoms with Crippen LogP contribution in [-0.4, -0.2) is 30.6 Å². The highest BCUT2D eigenvalue weighted by molar-refractivity contribution is 5.80. The van der Waals surface area contributed by atoms with E-state index in [0.29, 0.717) is 13.1 Å². The third-order valence-electron chi connectivity index (χ3n) is 2.86. The largest absolute Gasteiger partial charge is 0.372 e. The summed E-state index contributed by atoms with van der Waals surface area (Å²) in [5, 5.41) is 0. The molecule has 0 aliphatic carbocycles. The molecule has 0 saturated heterocycles. The number of aryl methyl sites for hydroxylation is 1. The Morgan fingerprint density at radius 2 is 2.06 bits per heavy atom. The Hall–Kier alpha value is -1.61. The van der Waals surface area contributed by atoms with Gasteiger partial charge >= 0.3 is 0 Å². The predicted molar refractivity (Wildman–Crippen MR) is 73.3 cm³/mol. The maximum atomic E-state index is 12.1. The summed E-state index contributed by atoms with van der Waals surface area (Å²) in [6, 6.07) is 8.17. The van der Waals surface area contributed by atoms with E-state index in [1.165, 1.54) is 5.56 Å². The normalized spacial score (nSPS) is 11.9. The number of carbonyl (C=O) groups is 1. The van der Waals surface area contributed by atoms with Crippen molar-refractivity contribution in [1.82, 2.24) is 4.90 Å². The first-order chi connectivity index (χ1) is 8.58. The lowest BCUT2D eigenvalue weighted by Gasteiger charge is -2.24. The zero-order chi connectivity index (χ0) is 13.5. The molecule has 0 heterocycles. The number of amides is 1. The van der Waals surface area contributed by atoms with E-state index in [1.54, 1.807) is 25.0 Å². The summed E-state index contributed by atoms with van der Waals surface area (Å²) < 4.78 is 5.07. The zero-order valence-corrected chi connectivity index (χ0v) is 11.3. The molecule has 18 heavy (non-hydrogen) atoms. The van der Waals surface area contributed by atoms with Crippen LogP contribution in [0.4, 0.5) is 0 Å². The van der Waals surface area contributed by atoms with Crippen molar-refractivity contribution < 1.29 is 9.53 Å². The van der Waals surface area contributed by atoms with Crippen molar-refractivity contribution in [2.75, 3.05) is 13.7 Å². The van der Waals surface area contributed by atoms with Gasteiger partial charge in [0.25, 0.3) is 5.91 Å². The molecule has 1 aromatic rings. The second-order valence-electron chi connectivity index (χ2n) is 4.37.